The highest BCUT2D eigenvalue weighted by Gasteiger charge is 2.31. The second-order valence-electron chi connectivity index (χ2n) is 2.25. The first-order valence-corrected chi connectivity index (χ1v) is 4.78. The molecule has 1 aromatic carbocycles. The fraction of sp³-hybridized carbons (Fsp3) is 0.143. The standard InChI is InChI=1S/C7H2Br2F4O/c8-4-1-3(14-7(11,12)13)2-5(10)6(4)9/h1-2H. The quantitative estimate of drug-likeness (QED) is 0.550. The minimum atomic E-state index is -4.82. The normalized spacial score (nSPS) is 11.6. The molecule has 0 bridgehead atoms. The van der Waals surface area contributed by atoms with Gasteiger partial charge in [0, 0.05) is 10.5 Å². The van der Waals surface area contributed by atoms with Gasteiger partial charge in [-0.15, -0.1) is 13.2 Å². The van der Waals surface area contributed by atoms with Crippen molar-refractivity contribution in [3.63, 3.8) is 0 Å². The molecule has 0 spiro atoms. The molecule has 7 heteroatoms. The molecule has 0 aliphatic carbocycles. The van der Waals surface area contributed by atoms with Gasteiger partial charge in [-0.1, -0.05) is 0 Å². The monoisotopic (exact) mass is 336 g/mol. The molecule has 0 heterocycles. The van der Waals surface area contributed by atoms with Gasteiger partial charge in [-0.25, -0.2) is 4.39 Å². The van der Waals surface area contributed by atoms with E-state index in [1.54, 1.807) is 0 Å². The lowest BCUT2D eigenvalue weighted by Gasteiger charge is -2.09. The van der Waals surface area contributed by atoms with Crippen LogP contribution in [-0.2, 0) is 0 Å². The Hall–Kier alpha value is -0.300. The number of halogens is 6. The number of rotatable bonds is 1. The average molecular weight is 338 g/mol. The number of hydrogen-bond acceptors (Lipinski definition) is 1. The second-order valence-corrected chi connectivity index (χ2v) is 3.90. The number of hydrogen-bond donors (Lipinski definition) is 0. The lowest BCUT2D eigenvalue weighted by Crippen LogP contribution is -2.17. The predicted octanol–water partition coefficient (Wildman–Crippen LogP) is 4.25. The van der Waals surface area contributed by atoms with E-state index >= 15 is 0 Å². The largest absolute Gasteiger partial charge is 0.573 e. The van der Waals surface area contributed by atoms with Crippen LogP contribution < -0.4 is 4.74 Å². The highest BCUT2D eigenvalue weighted by atomic mass is 79.9. The van der Waals surface area contributed by atoms with Crippen LogP contribution in [0.3, 0.4) is 0 Å². The van der Waals surface area contributed by atoms with Crippen molar-refractivity contribution in [1.82, 2.24) is 0 Å². The van der Waals surface area contributed by atoms with Crippen LogP contribution in [0.25, 0.3) is 0 Å². The van der Waals surface area contributed by atoms with Crippen LogP contribution in [-0.4, -0.2) is 6.36 Å². The highest BCUT2D eigenvalue weighted by Crippen LogP contribution is 2.32. The lowest BCUT2D eigenvalue weighted by molar-refractivity contribution is -0.274. The third-order valence-electron chi connectivity index (χ3n) is 1.19. The molecular formula is C7H2Br2F4O. The highest BCUT2D eigenvalue weighted by molar-refractivity contribution is 9.13. The number of ether oxygens (including phenoxy) is 1. The van der Waals surface area contributed by atoms with E-state index in [0.717, 1.165) is 6.07 Å². The van der Waals surface area contributed by atoms with Gasteiger partial charge in [0.05, 0.1) is 4.47 Å². The fourth-order valence-corrected chi connectivity index (χ4v) is 1.37. The molecule has 0 saturated carbocycles. The van der Waals surface area contributed by atoms with Crippen LogP contribution in [0.5, 0.6) is 5.75 Å². The molecule has 14 heavy (non-hydrogen) atoms. The van der Waals surface area contributed by atoms with E-state index in [9.17, 15) is 17.6 Å². The zero-order valence-electron chi connectivity index (χ0n) is 6.33. The van der Waals surface area contributed by atoms with Gasteiger partial charge in [-0.2, -0.15) is 0 Å². The molecular weight excluding hydrogens is 336 g/mol. The summed E-state index contributed by atoms with van der Waals surface area (Å²) in [6.07, 6.45) is -4.82. The van der Waals surface area contributed by atoms with Gasteiger partial charge >= 0.3 is 6.36 Å². The van der Waals surface area contributed by atoms with Gasteiger partial charge in [0.2, 0.25) is 0 Å². The van der Waals surface area contributed by atoms with Crippen molar-refractivity contribution < 1.29 is 22.3 Å². The Bertz CT molecular complexity index is 327. The van der Waals surface area contributed by atoms with Gasteiger partial charge < -0.3 is 4.74 Å². The Balaban J connectivity index is 3.02. The molecule has 0 radical (unpaired) electrons. The van der Waals surface area contributed by atoms with E-state index in [1.807, 2.05) is 0 Å². The summed E-state index contributed by atoms with van der Waals surface area (Å²) in [6.45, 7) is 0. The summed E-state index contributed by atoms with van der Waals surface area (Å²) in [5.74, 6) is -1.44. The molecule has 0 aliphatic heterocycles. The molecule has 1 aromatic rings. The van der Waals surface area contributed by atoms with Gasteiger partial charge in [0.15, 0.2) is 0 Å². The van der Waals surface area contributed by atoms with Crippen molar-refractivity contribution in [1.29, 1.82) is 0 Å². The maximum Gasteiger partial charge on any atom is 0.573 e. The zero-order chi connectivity index (χ0) is 10.9. The number of benzene rings is 1. The van der Waals surface area contributed by atoms with Crippen LogP contribution in [0.2, 0.25) is 0 Å². The molecule has 1 rings (SSSR count). The van der Waals surface area contributed by atoms with Crippen LogP contribution in [0.15, 0.2) is 21.1 Å². The van der Waals surface area contributed by atoms with Crippen molar-refractivity contribution in [2.45, 2.75) is 6.36 Å². The van der Waals surface area contributed by atoms with Crippen molar-refractivity contribution in [3.05, 3.63) is 26.9 Å². The zero-order valence-corrected chi connectivity index (χ0v) is 9.50. The maximum atomic E-state index is 12.9. The minimum Gasteiger partial charge on any atom is -0.406 e. The van der Waals surface area contributed by atoms with Crippen molar-refractivity contribution >= 4 is 31.9 Å². The van der Waals surface area contributed by atoms with Crippen LogP contribution >= 0.6 is 31.9 Å². The Morgan fingerprint density at radius 1 is 1.14 bits per heavy atom. The van der Waals surface area contributed by atoms with E-state index in [2.05, 4.69) is 36.6 Å². The van der Waals surface area contributed by atoms with E-state index in [1.165, 1.54) is 0 Å². The van der Waals surface area contributed by atoms with Gasteiger partial charge in [0.1, 0.15) is 11.6 Å². The lowest BCUT2D eigenvalue weighted by atomic mass is 10.3. The Kier molecular flexibility index (Phi) is 3.41. The smallest absolute Gasteiger partial charge is 0.406 e. The molecule has 0 atom stereocenters. The molecule has 1 nitrogen and oxygen atoms in total. The topological polar surface area (TPSA) is 9.23 Å². The van der Waals surface area contributed by atoms with E-state index in [-0.39, 0.29) is 8.95 Å². The third kappa shape index (κ3) is 3.13. The minimum absolute atomic E-state index is 0.0482. The average Bonchev–Trinajstić information content (AvgIpc) is 1.96. The van der Waals surface area contributed by atoms with Crippen LogP contribution in [0.4, 0.5) is 17.6 Å². The predicted molar refractivity (Wildman–Crippen MR) is 48.5 cm³/mol. The molecule has 0 N–H and O–H groups in total. The molecule has 0 aliphatic rings. The van der Waals surface area contributed by atoms with E-state index in [0.29, 0.717) is 6.07 Å². The van der Waals surface area contributed by atoms with Crippen LogP contribution in [0.1, 0.15) is 0 Å². The number of alkyl halides is 3. The molecule has 0 unspecified atom stereocenters. The summed E-state index contributed by atoms with van der Waals surface area (Å²) in [6, 6.07) is 1.66. The molecule has 0 amide bonds. The Labute approximate surface area is 93.3 Å². The van der Waals surface area contributed by atoms with Gasteiger partial charge in [-0.3, -0.25) is 0 Å². The van der Waals surface area contributed by atoms with Gasteiger partial charge in [0.25, 0.3) is 0 Å². The first-order chi connectivity index (χ1) is 6.29. The SMILES string of the molecule is Fc1cc(OC(F)(F)F)cc(Br)c1Br. The molecule has 0 aromatic heterocycles. The van der Waals surface area contributed by atoms with E-state index < -0.39 is 17.9 Å². The van der Waals surface area contributed by atoms with Gasteiger partial charge in [-0.05, 0) is 37.9 Å². The Morgan fingerprint density at radius 2 is 1.71 bits per heavy atom. The molecule has 78 valence electrons. The van der Waals surface area contributed by atoms with Crippen LogP contribution in [0, 0.1) is 5.82 Å². The second kappa shape index (κ2) is 4.06. The van der Waals surface area contributed by atoms with E-state index in [4.69, 9.17) is 0 Å². The summed E-state index contributed by atoms with van der Waals surface area (Å²) in [5.41, 5.74) is 0. The third-order valence-corrected chi connectivity index (χ3v) is 3.15. The Morgan fingerprint density at radius 3 is 2.14 bits per heavy atom. The van der Waals surface area contributed by atoms with Crippen molar-refractivity contribution in [3.8, 4) is 5.75 Å². The molecule has 0 fully saturated rings. The van der Waals surface area contributed by atoms with Crippen molar-refractivity contribution in [2.75, 3.05) is 0 Å². The molecule has 0 saturated heterocycles. The van der Waals surface area contributed by atoms with Crippen molar-refractivity contribution in [2.24, 2.45) is 0 Å². The summed E-state index contributed by atoms with van der Waals surface area (Å²) < 4.78 is 51.8. The first-order valence-electron chi connectivity index (χ1n) is 3.20. The maximum absolute atomic E-state index is 12.9. The fourth-order valence-electron chi connectivity index (χ4n) is 0.725. The summed E-state index contributed by atoms with van der Waals surface area (Å²) in [5, 5.41) is 0. The summed E-state index contributed by atoms with van der Waals surface area (Å²) in [7, 11) is 0. The summed E-state index contributed by atoms with van der Waals surface area (Å²) in [4.78, 5) is 0. The first kappa shape index (κ1) is 11.8. The summed E-state index contributed by atoms with van der Waals surface area (Å²) >= 11 is 5.70.